The zero-order valence-corrected chi connectivity index (χ0v) is 23.1. The van der Waals surface area contributed by atoms with Crippen LogP contribution in [0.1, 0.15) is 0 Å². The molecule has 0 aliphatic carbocycles. The molecule has 4 rings (SSSR count). The summed E-state index contributed by atoms with van der Waals surface area (Å²) in [6, 6.07) is 3.95. The number of aromatic nitrogens is 4. The predicted octanol–water partition coefficient (Wildman–Crippen LogP) is 1.22. The van der Waals surface area contributed by atoms with Gasteiger partial charge in [-0.2, -0.15) is 0 Å². The van der Waals surface area contributed by atoms with E-state index in [9.17, 15) is 4.21 Å². The van der Waals surface area contributed by atoms with Crippen LogP contribution in [-0.2, 0) is 20.3 Å². The average Bonchev–Trinajstić information content (AvgIpc) is 2.89. The number of nitrogens with zero attached hydrogens (tertiary/aromatic N) is 8. The number of rotatable bonds is 6. The molecule has 11 nitrogen and oxygen atoms in total. The normalized spacial score (nSPS) is 16.9. The van der Waals surface area contributed by atoms with Crippen molar-refractivity contribution in [1.82, 2.24) is 19.9 Å². The van der Waals surface area contributed by atoms with Crippen molar-refractivity contribution in [3.8, 4) is 0 Å². The third kappa shape index (κ3) is 7.89. The smallest absolute Gasteiger partial charge is 0.222 e. The molecule has 0 saturated carbocycles. The zero-order valence-electron chi connectivity index (χ0n) is 21.4. The van der Waals surface area contributed by atoms with Crippen LogP contribution >= 0.6 is 11.8 Å². The molecule has 2 aliphatic heterocycles. The number of ether oxygens (including phenoxy) is 2. The maximum absolute atomic E-state index is 11.6. The van der Waals surface area contributed by atoms with Crippen molar-refractivity contribution in [1.29, 1.82) is 0 Å². The number of thioether (sulfide) groups is 1. The van der Waals surface area contributed by atoms with E-state index in [1.165, 1.54) is 0 Å². The Hall–Kier alpha value is -2.22. The summed E-state index contributed by atoms with van der Waals surface area (Å²) < 4.78 is 22.3. The van der Waals surface area contributed by atoms with Gasteiger partial charge >= 0.3 is 0 Å². The number of hydrogen-bond donors (Lipinski definition) is 0. The first kappa shape index (κ1) is 27.4. The molecule has 2 aliphatic rings. The van der Waals surface area contributed by atoms with E-state index >= 15 is 0 Å². The van der Waals surface area contributed by atoms with Crippen molar-refractivity contribution in [3.63, 3.8) is 0 Å². The Morgan fingerprint density at radius 3 is 1.69 bits per heavy atom. The number of hydrogen-bond acceptors (Lipinski definition) is 12. The largest absolute Gasteiger partial charge is 0.378 e. The molecular weight excluding hydrogens is 488 g/mol. The molecule has 0 bridgehead atoms. The number of morpholine rings is 2. The SMILES string of the molecule is CN(C)c1cc(N2CCOCC2)nc(S(C)=O)n1.CSc1nc(N(C)C)cc(N2CCOCC2)n1. The lowest BCUT2D eigenvalue weighted by molar-refractivity contribution is 0.122. The second kappa shape index (κ2) is 13.2. The average molecular weight is 525 g/mol. The van der Waals surface area contributed by atoms with Crippen LogP contribution in [0, 0.1) is 0 Å². The zero-order chi connectivity index (χ0) is 25.4. The third-order valence-corrected chi connectivity index (χ3v) is 6.63. The summed E-state index contributed by atoms with van der Waals surface area (Å²) in [6.07, 6.45) is 3.59. The summed E-state index contributed by atoms with van der Waals surface area (Å²) in [5.41, 5.74) is 0. The van der Waals surface area contributed by atoms with Gasteiger partial charge in [-0.1, -0.05) is 11.8 Å². The molecule has 35 heavy (non-hydrogen) atoms. The van der Waals surface area contributed by atoms with Crippen LogP contribution in [0.3, 0.4) is 0 Å². The molecule has 0 spiro atoms. The van der Waals surface area contributed by atoms with E-state index in [0.717, 1.165) is 67.8 Å². The van der Waals surface area contributed by atoms with E-state index in [1.54, 1.807) is 18.0 Å². The minimum Gasteiger partial charge on any atom is -0.378 e. The minimum atomic E-state index is -1.18. The van der Waals surface area contributed by atoms with E-state index in [0.29, 0.717) is 18.4 Å². The van der Waals surface area contributed by atoms with E-state index in [2.05, 4.69) is 29.7 Å². The molecule has 2 saturated heterocycles. The topological polar surface area (TPSA) is 100 Å². The van der Waals surface area contributed by atoms with Gasteiger partial charge in [-0.25, -0.2) is 19.9 Å². The Kier molecular flexibility index (Phi) is 10.3. The molecular formula is C22H36N8O3S2. The highest BCUT2D eigenvalue weighted by Gasteiger charge is 2.17. The van der Waals surface area contributed by atoms with Gasteiger partial charge in [-0.05, 0) is 6.26 Å². The monoisotopic (exact) mass is 524 g/mol. The molecule has 1 unspecified atom stereocenters. The van der Waals surface area contributed by atoms with Gasteiger partial charge < -0.3 is 29.1 Å². The fraction of sp³-hybridized carbons (Fsp3) is 0.636. The first-order valence-electron chi connectivity index (χ1n) is 11.4. The molecule has 0 aromatic carbocycles. The van der Waals surface area contributed by atoms with Gasteiger partial charge in [0.25, 0.3) is 0 Å². The van der Waals surface area contributed by atoms with Gasteiger partial charge in [-0.15, -0.1) is 0 Å². The van der Waals surface area contributed by atoms with E-state index < -0.39 is 10.8 Å². The fourth-order valence-corrected chi connectivity index (χ4v) is 4.20. The first-order chi connectivity index (χ1) is 16.8. The molecule has 4 heterocycles. The lowest BCUT2D eigenvalue weighted by Gasteiger charge is -2.28. The molecule has 0 amide bonds. The van der Waals surface area contributed by atoms with Gasteiger partial charge in [0.05, 0.1) is 37.2 Å². The quantitative estimate of drug-likeness (QED) is 0.401. The van der Waals surface area contributed by atoms with Gasteiger partial charge in [0, 0.05) is 72.8 Å². The lowest BCUT2D eigenvalue weighted by atomic mass is 10.4. The highest BCUT2D eigenvalue weighted by atomic mass is 32.2. The Balaban J connectivity index is 0.000000196. The van der Waals surface area contributed by atoms with Gasteiger partial charge in [-0.3, -0.25) is 4.21 Å². The third-order valence-electron chi connectivity index (χ3n) is 5.38. The van der Waals surface area contributed by atoms with E-state index in [4.69, 9.17) is 9.47 Å². The summed E-state index contributed by atoms with van der Waals surface area (Å²) in [7, 11) is 6.63. The Morgan fingerprint density at radius 2 is 1.26 bits per heavy atom. The van der Waals surface area contributed by atoms with Crippen LogP contribution in [0.25, 0.3) is 0 Å². The van der Waals surface area contributed by atoms with Crippen molar-refractivity contribution in [3.05, 3.63) is 12.1 Å². The standard InChI is InChI=1S/C11H18N4O2S.C11H18N4OS/c1-14(2)9-8-10(13-11(12-9)18(3)16)15-4-6-17-7-5-15;1-14(2)9-8-10(13-11(12-9)17-3)15-4-6-16-7-5-15/h8H,4-7H2,1-3H3;8H,4-7H2,1-3H3. The van der Waals surface area contributed by atoms with Crippen LogP contribution in [0.2, 0.25) is 0 Å². The Morgan fingerprint density at radius 1 is 0.800 bits per heavy atom. The van der Waals surface area contributed by atoms with Crippen molar-refractivity contribution in [2.45, 2.75) is 10.3 Å². The van der Waals surface area contributed by atoms with Crippen molar-refractivity contribution in [2.75, 3.05) is 113 Å². The summed E-state index contributed by atoms with van der Waals surface area (Å²) >= 11 is 1.57. The Labute approximate surface area is 214 Å². The fourth-order valence-electron chi connectivity index (χ4n) is 3.39. The van der Waals surface area contributed by atoms with Crippen LogP contribution in [0.4, 0.5) is 23.3 Å². The molecule has 0 radical (unpaired) electrons. The van der Waals surface area contributed by atoms with Gasteiger partial charge in [0.1, 0.15) is 23.3 Å². The number of anilines is 4. The maximum Gasteiger partial charge on any atom is 0.222 e. The van der Waals surface area contributed by atoms with Crippen molar-refractivity contribution >= 4 is 45.8 Å². The minimum absolute atomic E-state index is 0.377. The van der Waals surface area contributed by atoms with Crippen LogP contribution in [-0.4, -0.2) is 117 Å². The lowest BCUT2D eigenvalue weighted by Crippen LogP contribution is -2.37. The molecule has 1 atom stereocenters. The van der Waals surface area contributed by atoms with Crippen molar-refractivity contribution < 1.29 is 13.7 Å². The van der Waals surface area contributed by atoms with Gasteiger partial charge in [0.2, 0.25) is 5.16 Å². The summed E-state index contributed by atoms with van der Waals surface area (Å²) in [4.78, 5) is 26.0. The molecule has 194 valence electrons. The van der Waals surface area contributed by atoms with Crippen molar-refractivity contribution in [2.24, 2.45) is 0 Å². The van der Waals surface area contributed by atoms with E-state index in [-0.39, 0.29) is 0 Å². The first-order valence-corrected chi connectivity index (χ1v) is 14.2. The molecule has 0 N–H and O–H groups in total. The maximum atomic E-state index is 11.6. The summed E-state index contributed by atoms with van der Waals surface area (Å²) in [6.45, 7) is 6.36. The van der Waals surface area contributed by atoms with E-state index in [1.807, 2.05) is 56.4 Å². The molecule has 2 aromatic heterocycles. The molecule has 2 fully saturated rings. The summed E-state index contributed by atoms with van der Waals surface area (Å²) in [5.74, 6) is 3.54. The molecule has 13 heteroatoms. The van der Waals surface area contributed by atoms with Crippen LogP contribution in [0.5, 0.6) is 0 Å². The second-order valence-electron chi connectivity index (χ2n) is 8.38. The second-order valence-corrected chi connectivity index (χ2v) is 10.4. The van der Waals surface area contributed by atoms with Crippen LogP contribution in [0.15, 0.2) is 22.4 Å². The molecule has 2 aromatic rings. The summed E-state index contributed by atoms with van der Waals surface area (Å²) in [5, 5.41) is 1.19. The van der Waals surface area contributed by atoms with Gasteiger partial charge in [0.15, 0.2) is 5.16 Å². The van der Waals surface area contributed by atoms with Crippen LogP contribution < -0.4 is 19.6 Å². The highest BCUT2D eigenvalue weighted by Crippen LogP contribution is 2.22. The highest BCUT2D eigenvalue weighted by molar-refractivity contribution is 7.98. The Bertz CT molecular complexity index is 983. The predicted molar refractivity (Wildman–Crippen MR) is 143 cm³/mol.